The van der Waals surface area contributed by atoms with Gasteiger partial charge in [0.2, 0.25) is 0 Å². The number of alkyl halides is 3. The molecule has 1 aliphatic heterocycles. The zero-order valence-electron chi connectivity index (χ0n) is 17.7. The van der Waals surface area contributed by atoms with Crippen molar-refractivity contribution in [2.75, 3.05) is 32.1 Å². The molecule has 178 valence electrons. The van der Waals surface area contributed by atoms with Crippen LogP contribution in [0.1, 0.15) is 23.2 Å². The van der Waals surface area contributed by atoms with Gasteiger partial charge in [-0.1, -0.05) is 17.7 Å². The molecule has 2 amide bonds. The first-order valence-corrected chi connectivity index (χ1v) is 10.4. The minimum Gasteiger partial charge on any atom is -0.496 e. The summed E-state index contributed by atoms with van der Waals surface area (Å²) in [5, 5.41) is 21.5. The second-order valence-corrected chi connectivity index (χ2v) is 7.89. The Morgan fingerprint density at radius 3 is 2.70 bits per heavy atom. The number of methoxy groups -OCH3 is 1. The molecule has 0 saturated heterocycles. The van der Waals surface area contributed by atoms with Crippen molar-refractivity contribution in [2.24, 2.45) is 0 Å². The second kappa shape index (κ2) is 10.4. The molecular formula is C22H23ClF3N3O4. The molecule has 1 aromatic heterocycles. The summed E-state index contributed by atoms with van der Waals surface area (Å²) in [5.41, 5.74) is 1.38. The van der Waals surface area contributed by atoms with Gasteiger partial charge in [-0.3, -0.25) is 4.98 Å². The van der Waals surface area contributed by atoms with E-state index in [0.717, 1.165) is 24.8 Å². The van der Waals surface area contributed by atoms with Crippen molar-refractivity contribution in [1.29, 1.82) is 0 Å². The van der Waals surface area contributed by atoms with Crippen LogP contribution < -0.4 is 10.1 Å². The Morgan fingerprint density at radius 1 is 1.36 bits per heavy atom. The van der Waals surface area contributed by atoms with Crippen LogP contribution in [0.5, 0.6) is 5.75 Å². The lowest BCUT2D eigenvalue weighted by Gasteiger charge is -2.27. The molecule has 7 nitrogen and oxygen atoms in total. The topological polar surface area (TPSA) is 94.9 Å². The van der Waals surface area contributed by atoms with Gasteiger partial charge in [-0.15, -0.1) is 0 Å². The molecule has 0 radical (unpaired) electrons. The van der Waals surface area contributed by atoms with Crippen molar-refractivity contribution >= 4 is 28.9 Å². The summed E-state index contributed by atoms with van der Waals surface area (Å²) in [6.45, 7) is 0.266. The van der Waals surface area contributed by atoms with Crippen molar-refractivity contribution in [3.63, 3.8) is 0 Å². The van der Waals surface area contributed by atoms with Gasteiger partial charge < -0.3 is 25.2 Å². The first kappa shape index (κ1) is 24.8. The van der Waals surface area contributed by atoms with Crippen LogP contribution in [0.2, 0.25) is 5.02 Å². The van der Waals surface area contributed by atoms with Crippen LogP contribution in [0.4, 0.5) is 23.7 Å². The first-order valence-electron chi connectivity index (χ1n) is 10.1. The maximum Gasteiger partial charge on any atom is 0.419 e. The molecule has 1 aliphatic rings. The van der Waals surface area contributed by atoms with E-state index in [1.165, 1.54) is 11.0 Å². The Bertz CT molecular complexity index is 1050. The highest BCUT2D eigenvalue weighted by Crippen LogP contribution is 2.37. The van der Waals surface area contributed by atoms with Gasteiger partial charge in [0.1, 0.15) is 5.75 Å². The molecule has 1 aromatic carbocycles. The van der Waals surface area contributed by atoms with Gasteiger partial charge in [0.25, 0.3) is 0 Å². The number of urea groups is 1. The molecule has 2 aromatic rings. The van der Waals surface area contributed by atoms with Crippen molar-refractivity contribution in [3.8, 4) is 5.75 Å². The van der Waals surface area contributed by atoms with E-state index in [1.807, 2.05) is 6.08 Å². The van der Waals surface area contributed by atoms with Gasteiger partial charge in [0, 0.05) is 37.5 Å². The minimum atomic E-state index is -4.56. The number of aliphatic hydroxyl groups is 2. The lowest BCUT2D eigenvalue weighted by atomic mass is 10.0. The van der Waals surface area contributed by atoms with Crippen molar-refractivity contribution in [2.45, 2.75) is 25.1 Å². The molecule has 0 aliphatic carbocycles. The fraction of sp³-hybridized carbons (Fsp3) is 0.364. The Hall–Kier alpha value is -2.82. The highest BCUT2D eigenvalue weighted by Gasteiger charge is 2.34. The molecule has 3 N–H and O–H groups in total. The first-order chi connectivity index (χ1) is 15.6. The Balaban J connectivity index is 1.65. The fourth-order valence-electron chi connectivity index (χ4n) is 3.44. The number of ether oxygens (including phenoxy) is 1. The lowest BCUT2D eigenvalue weighted by molar-refractivity contribution is -0.138. The number of anilines is 1. The molecular weight excluding hydrogens is 463 g/mol. The molecule has 0 fully saturated rings. The Morgan fingerprint density at radius 2 is 2.12 bits per heavy atom. The summed E-state index contributed by atoms with van der Waals surface area (Å²) in [7, 11) is 1.13. The molecule has 33 heavy (non-hydrogen) atoms. The van der Waals surface area contributed by atoms with Crippen LogP contribution in [-0.2, 0) is 12.6 Å². The number of halogens is 4. The number of hydrogen-bond donors (Lipinski definition) is 3. The summed E-state index contributed by atoms with van der Waals surface area (Å²) < 4.78 is 43.8. The SMILES string of the molecule is COc1cc(NC(=O)N2CC=C(c3ncc(CC(O)CO)cc3Cl)CC2)ccc1C(F)(F)F. The average molecular weight is 486 g/mol. The standard InChI is InChI=1S/C22H23ClF3N3O4/c1-33-19-10-15(2-3-17(19)22(24,25)26)28-21(32)29-6-4-14(5-7-29)20-18(23)9-13(11-27-20)8-16(31)12-30/h2-4,9-11,16,30-31H,5-8,12H2,1H3,(H,28,32). The largest absolute Gasteiger partial charge is 0.496 e. The van der Waals surface area contributed by atoms with E-state index in [1.54, 1.807) is 12.3 Å². The predicted octanol–water partition coefficient (Wildman–Crippen LogP) is 3.98. The van der Waals surface area contributed by atoms with Crippen LogP contribution in [0.15, 0.2) is 36.5 Å². The number of carbonyl (C=O) groups excluding carboxylic acids is 1. The van der Waals surface area contributed by atoms with Gasteiger partial charge in [-0.05, 0) is 35.8 Å². The van der Waals surface area contributed by atoms with E-state index in [9.17, 15) is 23.1 Å². The number of hydrogen-bond acceptors (Lipinski definition) is 5. The highest BCUT2D eigenvalue weighted by molar-refractivity contribution is 6.32. The number of carbonyl (C=O) groups is 1. The number of nitrogens with one attached hydrogen (secondary N) is 1. The number of amides is 2. The smallest absolute Gasteiger partial charge is 0.419 e. The van der Waals surface area contributed by atoms with Gasteiger partial charge in [-0.2, -0.15) is 13.2 Å². The molecule has 0 bridgehead atoms. The summed E-state index contributed by atoms with van der Waals surface area (Å²) in [6, 6.07) is 4.39. The third-order valence-corrected chi connectivity index (χ3v) is 5.43. The van der Waals surface area contributed by atoms with E-state index in [0.29, 0.717) is 29.2 Å². The van der Waals surface area contributed by atoms with Crippen LogP contribution in [0.25, 0.3) is 5.57 Å². The lowest BCUT2D eigenvalue weighted by Crippen LogP contribution is -2.38. The van der Waals surface area contributed by atoms with Crippen LogP contribution in [-0.4, -0.2) is 59.0 Å². The quantitative estimate of drug-likeness (QED) is 0.575. The van der Waals surface area contributed by atoms with Gasteiger partial charge in [0.05, 0.1) is 36.1 Å². The van der Waals surface area contributed by atoms with Crippen LogP contribution in [0, 0.1) is 0 Å². The number of benzene rings is 1. The second-order valence-electron chi connectivity index (χ2n) is 7.48. The summed E-state index contributed by atoms with van der Waals surface area (Å²) in [4.78, 5) is 18.4. The highest BCUT2D eigenvalue weighted by atomic mass is 35.5. The van der Waals surface area contributed by atoms with Crippen molar-refractivity contribution in [3.05, 3.63) is 58.4 Å². The molecule has 1 unspecified atom stereocenters. The molecule has 0 spiro atoms. The Labute approximate surface area is 193 Å². The van der Waals surface area contributed by atoms with Gasteiger partial charge in [-0.25, -0.2) is 4.79 Å². The number of pyridine rings is 1. The fourth-order valence-corrected chi connectivity index (χ4v) is 3.75. The number of rotatable bonds is 6. The van der Waals surface area contributed by atoms with E-state index < -0.39 is 23.9 Å². The number of aliphatic hydroxyl groups excluding tert-OH is 2. The van der Waals surface area contributed by atoms with Crippen LogP contribution >= 0.6 is 11.6 Å². The van der Waals surface area contributed by atoms with Gasteiger partial charge in [0.15, 0.2) is 0 Å². The van der Waals surface area contributed by atoms with E-state index >= 15 is 0 Å². The molecule has 0 saturated carbocycles. The number of nitrogens with zero attached hydrogens (tertiary/aromatic N) is 2. The Kier molecular flexibility index (Phi) is 7.83. The maximum atomic E-state index is 13.0. The summed E-state index contributed by atoms with van der Waals surface area (Å²) in [6.07, 6.45) is -1.35. The van der Waals surface area contributed by atoms with Crippen molar-refractivity contribution < 1.29 is 32.9 Å². The van der Waals surface area contributed by atoms with Crippen molar-refractivity contribution in [1.82, 2.24) is 9.88 Å². The van der Waals surface area contributed by atoms with E-state index in [-0.39, 0.29) is 31.0 Å². The monoisotopic (exact) mass is 485 g/mol. The molecule has 3 rings (SSSR count). The average Bonchev–Trinajstić information content (AvgIpc) is 2.78. The predicted molar refractivity (Wildman–Crippen MR) is 117 cm³/mol. The third kappa shape index (κ3) is 6.16. The van der Waals surface area contributed by atoms with Gasteiger partial charge >= 0.3 is 12.2 Å². The number of aromatic nitrogens is 1. The summed E-state index contributed by atoms with van der Waals surface area (Å²) >= 11 is 6.34. The zero-order chi connectivity index (χ0) is 24.2. The third-order valence-electron chi connectivity index (χ3n) is 5.14. The minimum absolute atomic E-state index is 0.185. The van der Waals surface area contributed by atoms with E-state index in [4.69, 9.17) is 21.4 Å². The molecule has 11 heteroatoms. The summed E-state index contributed by atoms with van der Waals surface area (Å²) in [5.74, 6) is -0.378. The molecule has 1 atom stereocenters. The normalized spacial score (nSPS) is 15.1. The molecule has 2 heterocycles. The zero-order valence-corrected chi connectivity index (χ0v) is 18.5. The van der Waals surface area contributed by atoms with Crippen LogP contribution in [0.3, 0.4) is 0 Å². The van der Waals surface area contributed by atoms with E-state index in [2.05, 4.69) is 10.3 Å². The maximum absolute atomic E-state index is 13.0.